The topological polar surface area (TPSA) is 116 Å². The third-order valence-corrected chi connectivity index (χ3v) is 6.84. The van der Waals surface area contributed by atoms with Crippen LogP contribution < -0.4 is 10.5 Å². The van der Waals surface area contributed by atoms with E-state index in [1.807, 2.05) is 54.0 Å². The van der Waals surface area contributed by atoms with Crippen LogP contribution in [0.2, 0.25) is 0 Å². The van der Waals surface area contributed by atoms with Gasteiger partial charge in [-0.1, -0.05) is 25.5 Å². The number of sulfonamides is 1. The molecule has 0 saturated heterocycles. The highest BCUT2D eigenvalue weighted by Gasteiger charge is 2.18. The maximum absolute atomic E-state index is 12.1. The molecule has 8 nitrogen and oxygen atoms in total. The van der Waals surface area contributed by atoms with Gasteiger partial charge < -0.3 is 5.73 Å². The third-order valence-electron chi connectivity index (χ3n) is 5.00. The zero-order valence-corrected chi connectivity index (χ0v) is 19.9. The largest absolute Gasteiger partial charge is 0.383 e. The summed E-state index contributed by atoms with van der Waals surface area (Å²) in [5.74, 6) is 1.14. The highest BCUT2D eigenvalue weighted by Crippen LogP contribution is 2.31. The number of hydrogen-bond donors (Lipinski definition) is 2. The molecule has 3 aromatic heterocycles. The van der Waals surface area contributed by atoms with Crippen molar-refractivity contribution in [2.45, 2.75) is 26.3 Å². The van der Waals surface area contributed by atoms with E-state index in [4.69, 9.17) is 10.7 Å². The van der Waals surface area contributed by atoms with Crippen LogP contribution in [0.5, 0.6) is 0 Å². The lowest BCUT2D eigenvalue weighted by molar-refractivity contribution is 0.578. The van der Waals surface area contributed by atoms with E-state index >= 15 is 0 Å². The number of nitrogens with two attached hydrogens (primary N) is 1. The Labute approximate surface area is 195 Å². The fourth-order valence-corrected chi connectivity index (χ4v) is 4.85. The normalized spacial score (nSPS) is 11.8. The van der Waals surface area contributed by atoms with Gasteiger partial charge in [-0.2, -0.15) is 0 Å². The van der Waals surface area contributed by atoms with Crippen molar-refractivity contribution in [3.05, 3.63) is 64.9 Å². The van der Waals surface area contributed by atoms with E-state index in [-0.39, 0.29) is 12.3 Å². The molecule has 32 heavy (non-hydrogen) atoms. The van der Waals surface area contributed by atoms with Gasteiger partial charge in [0.15, 0.2) is 11.5 Å². The number of nitrogens with zero attached hydrogens (tertiary/aromatic N) is 4. The molecule has 1 aromatic carbocycles. The number of imidazole rings is 1. The predicted molar refractivity (Wildman–Crippen MR) is 130 cm³/mol. The van der Waals surface area contributed by atoms with Gasteiger partial charge >= 0.3 is 0 Å². The number of pyridine rings is 2. The van der Waals surface area contributed by atoms with Crippen molar-refractivity contribution in [3.8, 4) is 17.1 Å². The predicted octanol–water partition coefficient (Wildman–Crippen LogP) is 4.05. The molecule has 0 aliphatic carbocycles. The molecule has 4 rings (SSSR count). The summed E-state index contributed by atoms with van der Waals surface area (Å²) in [4.78, 5) is 13.5. The summed E-state index contributed by atoms with van der Waals surface area (Å²) < 4.78 is 29.5. The van der Waals surface area contributed by atoms with Crippen molar-refractivity contribution >= 4 is 42.9 Å². The lowest BCUT2D eigenvalue weighted by Gasteiger charge is -2.11. The average molecular weight is 515 g/mol. The number of fused-ring (bicyclic) bond motifs is 1. The Bertz CT molecular complexity index is 1350. The Kier molecular flexibility index (Phi) is 6.54. The highest BCUT2D eigenvalue weighted by atomic mass is 79.9. The fraction of sp³-hybridized carbons (Fsp3) is 0.227. The molecule has 0 saturated carbocycles. The number of unbranched alkanes of at least 4 members (excludes halogenated alkanes) is 1. The van der Waals surface area contributed by atoms with Crippen LogP contribution in [0.1, 0.15) is 25.3 Å². The zero-order chi connectivity index (χ0) is 22.7. The monoisotopic (exact) mass is 514 g/mol. The van der Waals surface area contributed by atoms with Gasteiger partial charge in [-0.3, -0.25) is 4.57 Å². The summed E-state index contributed by atoms with van der Waals surface area (Å²) in [5, 5.41) is 0. The summed E-state index contributed by atoms with van der Waals surface area (Å²) in [7, 11) is -3.28. The summed E-state index contributed by atoms with van der Waals surface area (Å²) in [6.07, 6.45) is 4.83. The van der Waals surface area contributed by atoms with E-state index in [2.05, 4.69) is 30.6 Å². The standard InChI is InChI=1S/C22H23BrN6O2S/c1-2-3-11-32(30,31)27-13-15-6-8-17(9-7-15)29-21(18-5-4-10-25-20(18)24)28-19-12-16(23)14-26-22(19)29/h4-10,12,14,27H,2-3,11,13H2,1H3,(H2,24,25). The van der Waals surface area contributed by atoms with Crippen LogP contribution in [0, 0.1) is 0 Å². The van der Waals surface area contributed by atoms with E-state index < -0.39 is 10.0 Å². The van der Waals surface area contributed by atoms with Gasteiger partial charge in [0.05, 0.1) is 11.3 Å². The van der Waals surface area contributed by atoms with E-state index in [1.54, 1.807) is 12.4 Å². The third kappa shape index (κ3) is 4.82. The first kappa shape index (κ1) is 22.4. The van der Waals surface area contributed by atoms with Gasteiger partial charge in [0.2, 0.25) is 10.0 Å². The van der Waals surface area contributed by atoms with E-state index in [9.17, 15) is 8.42 Å². The second kappa shape index (κ2) is 9.35. The van der Waals surface area contributed by atoms with Crippen LogP contribution >= 0.6 is 15.9 Å². The van der Waals surface area contributed by atoms with Gasteiger partial charge in [-0.15, -0.1) is 0 Å². The van der Waals surface area contributed by atoms with Crippen LogP contribution in [-0.4, -0.2) is 33.7 Å². The highest BCUT2D eigenvalue weighted by molar-refractivity contribution is 9.10. The van der Waals surface area contributed by atoms with Crippen LogP contribution in [0.3, 0.4) is 0 Å². The Morgan fingerprint density at radius 1 is 1.16 bits per heavy atom. The molecule has 0 aliphatic rings. The average Bonchev–Trinajstić information content (AvgIpc) is 3.15. The molecule has 0 radical (unpaired) electrons. The zero-order valence-electron chi connectivity index (χ0n) is 17.5. The second-order valence-corrected chi connectivity index (χ2v) is 10.2. The van der Waals surface area contributed by atoms with Gasteiger partial charge in [-0.05, 0) is 58.2 Å². The maximum atomic E-state index is 12.1. The number of halogens is 1. The molecule has 10 heteroatoms. The number of rotatable bonds is 8. The molecular weight excluding hydrogens is 492 g/mol. The summed E-state index contributed by atoms with van der Waals surface area (Å²) in [6.45, 7) is 2.21. The fourth-order valence-electron chi connectivity index (χ4n) is 3.33. The quantitative estimate of drug-likeness (QED) is 0.366. The molecular formula is C22H23BrN6O2S. The van der Waals surface area contributed by atoms with Crippen LogP contribution in [0.15, 0.2) is 59.3 Å². The Hall–Kier alpha value is -2.82. The second-order valence-electron chi connectivity index (χ2n) is 7.36. The Morgan fingerprint density at radius 3 is 2.66 bits per heavy atom. The van der Waals surface area contributed by atoms with Crippen molar-refractivity contribution < 1.29 is 8.42 Å². The molecule has 3 N–H and O–H groups in total. The Morgan fingerprint density at radius 2 is 1.94 bits per heavy atom. The van der Waals surface area contributed by atoms with E-state index in [0.717, 1.165) is 22.1 Å². The summed E-state index contributed by atoms with van der Waals surface area (Å²) in [6, 6.07) is 13.2. The SMILES string of the molecule is CCCCS(=O)(=O)NCc1ccc(-n2c(-c3cccnc3N)nc3cc(Br)cnc32)cc1. The molecule has 4 aromatic rings. The Balaban J connectivity index is 1.70. The number of aromatic nitrogens is 4. The number of hydrogen-bond acceptors (Lipinski definition) is 6. The van der Waals surface area contributed by atoms with Crippen molar-refractivity contribution in [1.29, 1.82) is 0 Å². The molecule has 0 aliphatic heterocycles. The number of benzene rings is 1. The van der Waals surface area contributed by atoms with Crippen molar-refractivity contribution in [3.63, 3.8) is 0 Å². The molecule has 3 heterocycles. The summed E-state index contributed by atoms with van der Waals surface area (Å²) in [5.41, 5.74) is 9.92. The number of nitrogen functional groups attached to an aromatic ring is 1. The van der Waals surface area contributed by atoms with Crippen LogP contribution in [-0.2, 0) is 16.6 Å². The lowest BCUT2D eigenvalue weighted by atomic mass is 10.2. The molecule has 0 unspecified atom stereocenters. The van der Waals surface area contributed by atoms with Crippen LogP contribution in [0.25, 0.3) is 28.2 Å². The number of anilines is 1. The van der Waals surface area contributed by atoms with Crippen molar-refractivity contribution in [2.75, 3.05) is 11.5 Å². The van der Waals surface area contributed by atoms with E-state index in [1.165, 1.54) is 0 Å². The molecule has 0 amide bonds. The van der Waals surface area contributed by atoms with Gasteiger partial charge in [0, 0.05) is 29.1 Å². The maximum Gasteiger partial charge on any atom is 0.211 e. The van der Waals surface area contributed by atoms with Crippen LogP contribution in [0.4, 0.5) is 5.82 Å². The van der Waals surface area contributed by atoms with Crippen molar-refractivity contribution in [2.24, 2.45) is 0 Å². The molecule has 0 spiro atoms. The smallest absolute Gasteiger partial charge is 0.211 e. The van der Waals surface area contributed by atoms with Gasteiger partial charge in [0.25, 0.3) is 0 Å². The van der Waals surface area contributed by atoms with Gasteiger partial charge in [-0.25, -0.2) is 28.1 Å². The first-order chi connectivity index (χ1) is 15.4. The molecule has 0 fully saturated rings. The first-order valence-electron chi connectivity index (χ1n) is 10.2. The minimum atomic E-state index is -3.28. The minimum Gasteiger partial charge on any atom is -0.383 e. The number of nitrogens with one attached hydrogen (secondary N) is 1. The molecule has 0 bridgehead atoms. The molecule has 166 valence electrons. The lowest BCUT2D eigenvalue weighted by Crippen LogP contribution is -2.25. The van der Waals surface area contributed by atoms with E-state index in [0.29, 0.717) is 34.8 Å². The van der Waals surface area contributed by atoms with Crippen molar-refractivity contribution in [1.82, 2.24) is 24.2 Å². The minimum absolute atomic E-state index is 0.139. The molecule has 0 atom stereocenters. The first-order valence-corrected chi connectivity index (χ1v) is 12.6. The summed E-state index contributed by atoms with van der Waals surface area (Å²) >= 11 is 3.45. The van der Waals surface area contributed by atoms with Gasteiger partial charge in [0.1, 0.15) is 11.3 Å².